The number of benzene rings is 5. The maximum atomic E-state index is 13.9. The average molecular weight is 1130 g/mol. The summed E-state index contributed by atoms with van der Waals surface area (Å²) >= 11 is 0. The highest BCUT2D eigenvalue weighted by Gasteiger charge is 2.45. The summed E-state index contributed by atoms with van der Waals surface area (Å²) in [5, 5.41) is 21.3. The van der Waals surface area contributed by atoms with Crippen molar-refractivity contribution in [1.82, 2.24) is 29.2 Å². The summed E-state index contributed by atoms with van der Waals surface area (Å²) in [7, 11) is 3.19. The number of unbranched alkanes of at least 4 members (excludes halogenated alkanes) is 2. The zero-order valence-electron chi connectivity index (χ0n) is 47.1. The zero-order valence-corrected chi connectivity index (χ0v) is 48.0. The monoisotopic (exact) mass is 1130 g/mol. The van der Waals surface area contributed by atoms with Gasteiger partial charge in [-0.25, -0.2) is 14.1 Å². The van der Waals surface area contributed by atoms with Crippen molar-refractivity contribution in [3.63, 3.8) is 0 Å². The lowest BCUT2D eigenvalue weighted by Crippen LogP contribution is -2.39. The number of carbonyl (C=O) groups is 2. The van der Waals surface area contributed by atoms with Crippen molar-refractivity contribution >= 4 is 25.8 Å². The van der Waals surface area contributed by atoms with Crippen LogP contribution in [-0.4, -0.2) is 99.6 Å². The van der Waals surface area contributed by atoms with Gasteiger partial charge in [-0.3, -0.25) is 23.9 Å². The fourth-order valence-electron chi connectivity index (χ4n) is 10.6. The lowest BCUT2D eigenvalue weighted by Gasteiger charge is -2.39. The molecule has 18 nitrogen and oxygen atoms in total. The van der Waals surface area contributed by atoms with Crippen LogP contribution in [0, 0.1) is 23.2 Å². The van der Waals surface area contributed by atoms with Crippen molar-refractivity contribution in [1.29, 1.82) is 5.26 Å². The molecule has 19 heteroatoms. The highest BCUT2D eigenvalue weighted by atomic mass is 31.2. The maximum Gasteiger partial charge on any atom is 0.330 e. The predicted octanol–water partition coefficient (Wildman–Crippen LogP) is 9.73. The van der Waals surface area contributed by atoms with E-state index in [4.69, 9.17) is 28.0 Å². The van der Waals surface area contributed by atoms with Crippen LogP contribution >= 0.6 is 8.53 Å². The van der Waals surface area contributed by atoms with Gasteiger partial charge in [0.2, 0.25) is 0 Å². The van der Waals surface area contributed by atoms with Gasteiger partial charge in [-0.15, -0.1) is 5.10 Å². The molecule has 7 aromatic rings. The number of nitrogens with one attached hydrogen (secondary N) is 2. The quantitative estimate of drug-likeness (QED) is 0.0249. The van der Waals surface area contributed by atoms with Crippen molar-refractivity contribution < 1.29 is 37.6 Å². The third-order valence-electron chi connectivity index (χ3n) is 14.5. The number of aromatic amines is 1. The van der Waals surface area contributed by atoms with Gasteiger partial charge in [0.25, 0.3) is 14.1 Å². The Labute approximate surface area is 478 Å². The molecule has 5 aromatic carbocycles. The number of nitrogens with zero attached hydrogens (tertiary/aromatic N) is 6. The van der Waals surface area contributed by atoms with Gasteiger partial charge in [0.05, 0.1) is 63.8 Å². The van der Waals surface area contributed by atoms with Crippen molar-refractivity contribution in [2.75, 3.05) is 39.8 Å². The highest BCUT2D eigenvalue weighted by molar-refractivity contribution is 7.44. The summed E-state index contributed by atoms with van der Waals surface area (Å²) < 4.78 is 43.9. The minimum absolute atomic E-state index is 0.00205. The fourth-order valence-corrected chi connectivity index (χ4v) is 12.4. The first kappa shape index (κ1) is 58.6. The second-order valence-electron chi connectivity index (χ2n) is 20.5. The SMILES string of the molecule is CNc1ccc(Cn2cc(CCCCC#Cc3cn([C@H]4C[C@H](OP(OCCC#N)N(C(C)C)C(C)C)[C@@H](COC(c5ccccc5)(c5ccc(OC)cc5)c5ccc(OC)cc5)O4)c(=O)[nH]c3=O)nn2)c2c1C(=O)c1ccccc1C2=O. The standard InChI is InChI=1S/C63H67N8O10P/c1-41(2)71(42(3)4)82(79-35-17-34-64)81-54-36-56(80-55(54)40-78-63(45-19-12-10-13-20-45,46-25-29-49(76-6)30-26-46)47-27-31-50(77-7)32-28-47)70-38-44(61(74)66-62(70)75)18-11-8-9-14-21-48-39-69(68-67-48)37-43-24-33-53(65-5)58-57(43)59(72)51-22-15-16-23-52(51)60(58)73/h10,12-13,15-16,19-20,22-33,38-39,41-42,54-56,65H,8-9,14,17,21,35-37,40H2,1-7H3,(H,66,74,75)/t54-,55+,56+,82?/m0/s1. The largest absolute Gasteiger partial charge is 0.497 e. The van der Waals surface area contributed by atoms with E-state index in [1.54, 1.807) is 50.2 Å². The first-order valence-electron chi connectivity index (χ1n) is 27.4. The number of aryl methyl sites for hydroxylation is 1. The van der Waals surface area contributed by atoms with E-state index in [9.17, 15) is 24.4 Å². The Kier molecular flexibility index (Phi) is 19.1. The number of fused-ring (bicyclic) bond motifs is 2. The molecule has 1 saturated heterocycles. The van der Waals surface area contributed by atoms with Crippen molar-refractivity contribution in [3.8, 4) is 29.4 Å². The summed E-state index contributed by atoms with van der Waals surface area (Å²) in [6.45, 7) is 8.59. The molecule has 1 aliphatic carbocycles. The molecule has 0 bridgehead atoms. The van der Waals surface area contributed by atoms with Gasteiger partial charge in [0, 0.05) is 66.7 Å². The molecule has 1 aliphatic heterocycles. The zero-order chi connectivity index (χ0) is 57.9. The Morgan fingerprint density at radius 2 is 1.44 bits per heavy atom. The van der Waals surface area contributed by atoms with Crippen LogP contribution < -0.4 is 26.0 Å². The van der Waals surface area contributed by atoms with Gasteiger partial charge < -0.3 is 33.3 Å². The Balaban J connectivity index is 0.938. The molecule has 424 valence electrons. The first-order valence-corrected chi connectivity index (χ1v) is 28.6. The van der Waals surface area contributed by atoms with Crippen LogP contribution in [0.15, 0.2) is 137 Å². The predicted molar refractivity (Wildman–Crippen MR) is 311 cm³/mol. The summed E-state index contributed by atoms with van der Waals surface area (Å²) in [4.78, 5) is 57.1. The molecule has 0 amide bonds. The van der Waals surface area contributed by atoms with Crippen LogP contribution in [0.2, 0.25) is 0 Å². The number of nitriles is 1. The van der Waals surface area contributed by atoms with Crippen LogP contribution in [0.1, 0.15) is 131 Å². The Bertz CT molecular complexity index is 3550. The number of ketones is 2. The number of anilines is 1. The third-order valence-corrected chi connectivity index (χ3v) is 16.7. The van der Waals surface area contributed by atoms with Gasteiger partial charge in [0.15, 0.2) is 11.6 Å². The first-order chi connectivity index (χ1) is 39.8. The molecule has 9 rings (SSSR count). The molecule has 2 aliphatic rings. The van der Waals surface area contributed by atoms with E-state index in [0.717, 1.165) is 28.8 Å². The number of methoxy groups -OCH3 is 2. The molecule has 0 radical (unpaired) electrons. The van der Waals surface area contributed by atoms with Gasteiger partial charge in [0.1, 0.15) is 35.0 Å². The molecule has 0 saturated carbocycles. The molecule has 1 unspecified atom stereocenters. The van der Waals surface area contributed by atoms with E-state index in [1.165, 1.54) is 10.8 Å². The van der Waals surface area contributed by atoms with E-state index in [-0.39, 0.29) is 61.8 Å². The van der Waals surface area contributed by atoms with Crippen LogP contribution in [-0.2, 0) is 37.1 Å². The smallest absolute Gasteiger partial charge is 0.330 e. The fraction of sp³-hybridized carbons (Fsp3) is 0.349. The molecule has 2 N–H and O–H groups in total. The van der Waals surface area contributed by atoms with Crippen molar-refractivity contribution in [2.45, 2.75) is 109 Å². The number of carbonyl (C=O) groups excluding carboxylic acids is 2. The van der Waals surface area contributed by atoms with Crippen molar-refractivity contribution in [3.05, 3.63) is 204 Å². The normalized spacial score (nSPS) is 16.1. The number of H-pyrrole nitrogens is 1. The molecule has 0 spiro atoms. The third kappa shape index (κ3) is 12.7. The summed E-state index contributed by atoms with van der Waals surface area (Å²) in [6.07, 6.45) is 3.62. The van der Waals surface area contributed by atoms with E-state index >= 15 is 0 Å². The van der Waals surface area contributed by atoms with Gasteiger partial charge in [-0.05, 0) is 99.5 Å². The number of ether oxygens (including phenoxy) is 4. The number of rotatable bonds is 24. The lowest BCUT2D eigenvalue weighted by atomic mass is 9.80. The van der Waals surface area contributed by atoms with Gasteiger partial charge >= 0.3 is 5.69 Å². The Morgan fingerprint density at radius 1 is 0.805 bits per heavy atom. The molecule has 4 atom stereocenters. The highest BCUT2D eigenvalue weighted by Crippen LogP contribution is 2.51. The van der Waals surface area contributed by atoms with Crippen molar-refractivity contribution in [2.24, 2.45) is 0 Å². The second-order valence-corrected chi connectivity index (χ2v) is 21.9. The summed E-state index contributed by atoms with van der Waals surface area (Å²) in [5.41, 5.74) is 3.53. The van der Waals surface area contributed by atoms with Gasteiger partial charge in [-0.2, -0.15) is 5.26 Å². The number of hydrogen-bond donors (Lipinski definition) is 2. The number of aromatic nitrogens is 5. The van der Waals surface area contributed by atoms with Gasteiger partial charge in [-0.1, -0.05) is 102 Å². The minimum Gasteiger partial charge on any atom is -0.497 e. The molecular weight excluding hydrogens is 1060 g/mol. The average Bonchev–Trinajstić information content (AvgIpc) is 4.28. The molecule has 82 heavy (non-hydrogen) atoms. The molecule has 1 fully saturated rings. The second kappa shape index (κ2) is 26.7. The summed E-state index contributed by atoms with van der Waals surface area (Å²) in [5.74, 6) is 7.06. The van der Waals surface area contributed by atoms with E-state index in [2.05, 4.69) is 70.9 Å². The van der Waals surface area contributed by atoms with E-state index < -0.39 is 43.8 Å². The Hall–Kier alpha value is -8.06. The van der Waals surface area contributed by atoms with Crippen LogP contribution in [0.5, 0.6) is 11.5 Å². The number of hydrogen-bond acceptors (Lipinski definition) is 15. The van der Waals surface area contributed by atoms with E-state index in [0.29, 0.717) is 64.3 Å². The van der Waals surface area contributed by atoms with E-state index in [1.807, 2.05) is 97.2 Å². The lowest BCUT2D eigenvalue weighted by molar-refractivity contribution is -0.0925. The molecule has 2 aromatic heterocycles. The molecular formula is C63H67N8O10P. The molecule has 3 heterocycles. The summed E-state index contributed by atoms with van der Waals surface area (Å²) in [6, 6.07) is 38.0. The van der Waals surface area contributed by atoms with Crippen LogP contribution in [0.3, 0.4) is 0 Å². The Morgan fingerprint density at radius 3 is 2.06 bits per heavy atom. The maximum absolute atomic E-state index is 13.9. The van der Waals surface area contributed by atoms with Crippen LogP contribution in [0.25, 0.3) is 0 Å². The van der Waals surface area contributed by atoms with Crippen LogP contribution in [0.4, 0.5) is 5.69 Å². The minimum atomic E-state index is -1.77. The topological polar surface area (TPSA) is 214 Å².